The van der Waals surface area contributed by atoms with Crippen LogP contribution in [-0.4, -0.2) is 30.3 Å². The molecule has 0 saturated heterocycles. The van der Waals surface area contributed by atoms with Crippen LogP contribution >= 0.6 is 15.9 Å². The lowest BCUT2D eigenvalue weighted by atomic mass is 10.3. The molecule has 0 fully saturated rings. The summed E-state index contributed by atoms with van der Waals surface area (Å²) in [5.74, 6) is -0.243. The molecular formula is C12H11BrN6O. The Balaban J connectivity index is 1.77. The minimum Gasteiger partial charge on any atom is -0.345 e. The van der Waals surface area contributed by atoms with Gasteiger partial charge in [0, 0.05) is 31.7 Å². The third-order valence-electron chi connectivity index (χ3n) is 2.87. The van der Waals surface area contributed by atoms with Gasteiger partial charge >= 0.3 is 0 Å². The van der Waals surface area contributed by atoms with Crippen LogP contribution in [0.4, 0.5) is 0 Å². The molecule has 3 rings (SSSR count). The summed E-state index contributed by atoms with van der Waals surface area (Å²) in [5.41, 5.74) is 1.87. The van der Waals surface area contributed by atoms with E-state index in [2.05, 4.69) is 36.4 Å². The molecule has 0 saturated carbocycles. The minimum absolute atomic E-state index is 0.243. The van der Waals surface area contributed by atoms with E-state index >= 15 is 0 Å². The first-order chi connectivity index (χ1) is 9.63. The number of aromatic nitrogens is 5. The van der Waals surface area contributed by atoms with Crippen LogP contribution in [0.3, 0.4) is 0 Å². The van der Waals surface area contributed by atoms with Gasteiger partial charge in [-0.3, -0.25) is 9.48 Å². The van der Waals surface area contributed by atoms with Crippen molar-refractivity contribution in [2.24, 2.45) is 7.05 Å². The molecule has 3 heterocycles. The van der Waals surface area contributed by atoms with Gasteiger partial charge in [0.25, 0.3) is 5.91 Å². The Labute approximate surface area is 122 Å². The smallest absolute Gasteiger partial charge is 0.272 e. The van der Waals surface area contributed by atoms with Crippen LogP contribution < -0.4 is 5.32 Å². The van der Waals surface area contributed by atoms with E-state index in [0.29, 0.717) is 17.9 Å². The van der Waals surface area contributed by atoms with Crippen molar-refractivity contribution in [2.75, 3.05) is 0 Å². The molecule has 0 bridgehead atoms. The van der Waals surface area contributed by atoms with Crippen molar-refractivity contribution in [1.29, 1.82) is 0 Å². The number of fused-ring (bicyclic) bond motifs is 1. The Hall–Kier alpha value is -2.22. The molecular weight excluding hydrogens is 324 g/mol. The van der Waals surface area contributed by atoms with Crippen LogP contribution in [0.1, 0.15) is 16.2 Å². The molecule has 0 unspecified atom stereocenters. The summed E-state index contributed by atoms with van der Waals surface area (Å²) < 4.78 is 4.07. The molecule has 20 heavy (non-hydrogen) atoms. The molecule has 0 spiro atoms. The monoisotopic (exact) mass is 334 g/mol. The van der Waals surface area contributed by atoms with Crippen molar-refractivity contribution < 1.29 is 4.79 Å². The van der Waals surface area contributed by atoms with Crippen LogP contribution in [0.25, 0.3) is 5.65 Å². The van der Waals surface area contributed by atoms with E-state index < -0.39 is 0 Å². The maximum atomic E-state index is 12.0. The van der Waals surface area contributed by atoms with Crippen molar-refractivity contribution in [1.82, 2.24) is 29.7 Å². The van der Waals surface area contributed by atoms with Gasteiger partial charge in [0.15, 0.2) is 11.3 Å². The number of amides is 1. The number of carbonyl (C=O) groups excluding carboxylic acids is 1. The number of aryl methyl sites for hydroxylation is 1. The van der Waals surface area contributed by atoms with Gasteiger partial charge in [-0.2, -0.15) is 10.2 Å². The van der Waals surface area contributed by atoms with Crippen molar-refractivity contribution >= 4 is 27.5 Å². The van der Waals surface area contributed by atoms with E-state index in [1.807, 2.05) is 13.1 Å². The predicted octanol–water partition coefficient (Wildman–Crippen LogP) is 1.16. The fourth-order valence-electron chi connectivity index (χ4n) is 1.80. The van der Waals surface area contributed by atoms with E-state index in [1.54, 1.807) is 33.9 Å². The first-order valence-electron chi connectivity index (χ1n) is 5.89. The Morgan fingerprint density at radius 3 is 3.10 bits per heavy atom. The van der Waals surface area contributed by atoms with Crippen molar-refractivity contribution in [3.63, 3.8) is 0 Å². The second-order valence-electron chi connectivity index (χ2n) is 4.23. The SMILES string of the molecule is Cn1nccc1CNC(=O)c1cc2ncc(Br)cn2n1. The number of nitrogens with zero attached hydrogens (tertiary/aromatic N) is 5. The second-order valence-corrected chi connectivity index (χ2v) is 5.15. The largest absolute Gasteiger partial charge is 0.345 e. The zero-order valence-corrected chi connectivity index (χ0v) is 12.2. The van der Waals surface area contributed by atoms with Gasteiger partial charge in [0.2, 0.25) is 0 Å². The van der Waals surface area contributed by atoms with Gasteiger partial charge in [-0.05, 0) is 22.0 Å². The number of halogens is 1. The summed E-state index contributed by atoms with van der Waals surface area (Å²) >= 11 is 3.31. The highest BCUT2D eigenvalue weighted by Gasteiger charge is 2.12. The maximum Gasteiger partial charge on any atom is 0.272 e. The van der Waals surface area contributed by atoms with E-state index in [-0.39, 0.29) is 5.91 Å². The molecule has 8 heteroatoms. The van der Waals surface area contributed by atoms with Crippen LogP contribution in [0.5, 0.6) is 0 Å². The standard InChI is InChI=1S/C12H11BrN6O/c1-18-9(2-3-16-18)6-15-12(20)10-4-11-14-5-8(13)7-19(11)17-10/h2-5,7H,6H2,1H3,(H,15,20). The summed E-state index contributed by atoms with van der Waals surface area (Å²) in [6, 6.07) is 3.49. The molecule has 0 aromatic carbocycles. The fraction of sp³-hybridized carbons (Fsp3) is 0.167. The van der Waals surface area contributed by atoms with Gasteiger partial charge < -0.3 is 5.32 Å². The molecule has 0 aliphatic heterocycles. The molecule has 1 N–H and O–H groups in total. The third-order valence-corrected chi connectivity index (χ3v) is 3.28. The zero-order chi connectivity index (χ0) is 14.1. The van der Waals surface area contributed by atoms with Crippen molar-refractivity contribution in [3.8, 4) is 0 Å². The van der Waals surface area contributed by atoms with Gasteiger partial charge in [-0.1, -0.05) is 0 Å². The number of rotatable bonds is 3. The Kier molecular flexibility index (Phi) is 3.23. The quantitative estimate of drug-likeness (QED) is 0.779. The molecule has 7 nitrogen and oxygen atoms in total. The highest BCUT2D eigenvalue weighted by Crippen LogP contribution is 2.10. The molecule has 0 atom stereocenters. The average Bonchev–Trinajstić information content (AvgIpc) is 3.01. The molecule has 1 amide bonds. The fourth-order valence-corrected chi connectivity index (χ4v) is 2.10. The second kappa shape index (κ2) is 5.04. The van der Waals surface area contributed by atoms with Crippen LogP contribution in [0.15, 0.2) is 35.2 Å². The molecule has 0 aliphatic rings. The summed E-state index contributed by atoms with van der Waals surface area (Å²) in [7, 11) is 1.83. The van der Waals surface area contributed by atoms with E-state index in [0.717, 1.165) is 10.2 Å². The molecule has 0 radical (unpaired) electrons. The zero-order valence-electron chi connectivity index (χ0n) is 10.6. The highest BCUT2D eigenvalue weighted by atomic mass is 79.9. The third kappa shape index (κ3) is 2.42. The van der Waals surface area contributed by atoms with Gasteiger partial charge in [0.05, 0.1) is 16.7 Å². The lowest BCUT2D eigenvalue weighted by Crippen LogP contribution is -2.24. The van der Waals surface area contributed by atoms with Gasteiger partial charge in [-0.25, -0.2) is 9.50 Å². The summed E-state index contributed by atoms with van der Waals surface area (Å²) in [5, 5.41) is 11.0. The predicted molar refractivity (Wildman–Crippen MR) is 75.1 cm³/mol. The maximum absolute atomic E-state index is 12.0. The molecule has 3 aromatic rings. The first kappa shape index (κ1) is 12.8. The Morgan fingerprint density at radius 2 is 2.35 bits per heavy atom. The number of hydrogen-bond donors (Lipinski definition) is 1. The topological polar surface area (TPSA) is 77.1 Å². The Bertz CT molecular complexity index is 777. The molecule has 3 aromatic heterocycles. The van der Waals surface area contributed by atoms with Crippen LogP contribution in [0, 0.1) is 0 Å². The Morgan fingerprint density at radius 1 is 1.50 bits per heavy atom. The lowest BCUT2D eigenvalue weighted by molar-refractivity contribution is 0.0944. The van der Waals surface area contributed by atoms with Crippen LogP contribution in [-0.2, 0) is 13.6 Å². The molecule has 0 aliphatic carbocycles. The summed E-state index contributed by atoms with van der Waals surface area (Å²) in [6.45, 7) is 0.403. The molecule has 102 valence electrons. The lowest BCUT2D eigenvalue weighted by Gasteiger charge is -2.03. The van der Waals surface area contributed by atoms with Crippen LogP contribution in [0.2, 0.25) is 0 Å². The highest BCUT2D eigenvalue weighted by molar-refractivity contribution is 9.10. The van der Waals surface area contributed by atoms with Crippen molar-refractivity contribution in [3.05, 3.63) is 46.6 Å². The number of carbonyl (C=O) groups is 1. The first-order valence-corrected chi connectivity index (χ1v) is 6.69. The minimum atomic E-state index is -0.243. The number of nitrogens with one attached hydrogen (secondary N) is 1. The summed E-state index contributed by atoms with van der Waals surface area (Å²) in [6.07, 6.45) is 5.10. The van der Waals surface area contributed by atoms with E-state index in [1.165, 1.54) is 0 Å². The van der Waals surface area contributed by atoms with Gasteiger partial charge in [0.1, 0.15) is 0 Å². The normalized spacial score (nSPS) is 10.9. The average molecular weight is 335 g/mol. The number of hydrogen-bond acceptors (Lipinski definition) is 4. The van der Waals surface area contributed by atoms with Gasteiger partial charge in [-0.15, -0.1) is 0 Å². The summed E-state index contributed by atoms with van der Waals surface area (Å²) in [4.78, 5) is 16.2. The van der Waals surface area contributed by atoms with E-state index in [4.69, 9.17) is 0 Å². The van der Waals surface area contributed by atoms with Crippen molar-refractivity contribution in [2.45, 2.75) is 6.54 Å². The van der Waals surface area contributed by atoms with E-state index in [9.17, 15) is 4.79 Å².